The molecule has 2 aliphatic heterocycles. The Hall–Kier alpha value is -4.62. The molecule has 4 N–H and O–H groups in total. The molecule has 0 aromatic heterocycles. The number of nitrogens with zero attached hydrogens (tertiary/aromatic N) is 2. The minimum Gasteiger partial charge on any atom is -0.456 e. The second kappa shape index (κ2) is 17.4. The van der Waals surface area contributed by atoms with Crippen LogP contribution in [0.1, 0.15) is 91.9 Å². The molecule has 18 nitrogen and oxygen atoms in total. The summed E-state index contributed by atoms with van der Waals surface area (Å²) < 4.78 is 36.1. The minimum atomic E-state index is -2.39. The largest absolute Gasteiger partial charge is 0.456 e. The summed E-state index contributed by atoms with van der Waals surface area (Å²) in [6.45, 7) is 15.1. The van der Waals surface area contributed by atoms with Crippen LogP contribution in [0.25, 0.3) is 0 Å². The molecule has 11 atom stereocenters. The summed E-state index contributed by atoms with van der Waals surface area (Å²) in [4.78, 5) is 87.7. The van der Waals surface area contributed by atoms with Crippen LogP contribution in [0, 0.1) is 16.7 Å². The Morgan fingerprint density at radius 1 is 1.00 bits per heavy atom. The number of amides is 2. The second-order valence-corrected chi connectivity index (χ2v) is 19.4. The van der Waals surface area contributed by atoms with E-state index in [0.717, 1.165) is 6.92 Å². The van der Waals surface area contributed by atoms with Gasteiger partial charge in [-0.05, 0) is 71.4 Å². The van der Waals surface area contributed by atoms with Gasteiger partial charge in [0.1, 0.15) is 29.5 Å². The number of benzene rings is 1. The van der Waals surface area contributed by atoms with Crippen molar-refractivity contribution in [1.29, 1.82) is 0 Å². The lowest BCUT2D eigenvalue weighted by atomic mass is 9.44. The van der Waals surface area contributed by atoms with Crippen molar-refractivity contribution < 1.29 is 72.5 Å². The molecule has 5 aliphatic rings. The molecule has 63 heavy (non-hydrogen) atoms. The third-order valence-electron chi connectivity index (χ3n) is 13.9. The van der Waals surface area contributed by atoms with Crippen molar-refractivity contribution in [3.8, 4) is 0 Å². The van der Waals surface area contributed by atoms with Crippen LogP contribution >= 0.6 is 0 Å². The summed E-state index contributed by atoms with van der Waals surface area (Å²) in [5, 5.41) is 39.9. The molecule has 2 saturated carbocycles. The number of carbonyl (C=O) groups is 6. The fourth-order valence-corrected chi connectivity index (χ4v) is 10.3. The van der Waals surface area contributed by atoms with Crippen LogP contribution in [-0.2, 0) is 42.8 Å². The van der Waals surface area contributed by atoms with Gasteiger partial charge >= 0.3 is 30.1 Å². The first kappa shape index (κ1) is 47.8. The predicted octanol–water partition coefficient (Wildman–Crippen LogP) is 2.69. The van der Waals surface area contributed by atoms with Crippen molar-refractivity contribution in [3.05, 3.63) is 47.0 Å². The highest BCUT2D eigenvalue weighted by molar-refractivity contribution is 5.95. The van der Waals surface area contributed by atoms with Gasteiger partial charge in [-0.15, -0.1) is 0 Å². The highest BCUT2D eigenvalue weighted by Gasteiger charge is 2.78. The lowest BCUT2D eigenvalue weighted by molar-refractivity contribution is -0.345. The standard InChI is InChI=1S/C45H63N3O15/c1-11-27(46-39(55)63-41(4,5)6)32(51)38(54)59-28-22-45(57)36(61-37(53)26-15-13-12-14-16-26)34-43(9,29(50)21-30-44(34,23-58-30)62-25(3)49)35(52)33(31(24(28)2)42(45,7)8)60-40(56)48-19-17-47(10)18-20-48/h12-16,27-30,32-34,36,50-51,57H,11,17-23H2,1-10H3,(H,46,55)/t27-,28+,29+,30-,32-,33-,34?,36?,43-,44+,45-/m1/s1. The number of aliphatic hydroxyl groups excluding tert-OH is 2. The molecule has 18 heteroatoms. The van der Waals surface area contributed by atoms with Gasteiger partial charge in [-0.2, -0.15) is 0 Å². The van der Waals surface area contributed by atoms with E-state index < -0.39 is 119 Å². The van der Waals surface area contributed by atoms with E-state index in [2.05, 4.69) is 5.32 Å². The average molecular weight is 886 g/mol. The summed E-state index contributed by atoms with van der Waals surface area (Å²) >= 11 is 0. The number of likely N-dealkylation sites (N-methyl/N-ethyl adjacent to an activating group) is 1. The molecule has 0 spiro atoms. The van der Waals surface area contributed by atoms with Gasteiger partial charge in [0.2, 0.25) is 0 Å². The normalized spacial score (nSPS) is 33.7. The molecule has 3 aliphatic carbocycles. The van der Waals surface area contributed by atoms with Crippen molar-refractivity contribution in [2.24, 2.45) is 16.7 Å². The van der Waals surface area contributed by atoms with E-state index in [1.807, 2.05) is 11.9 Å². The Kier molecular flexibility index (Phi) is 13.2. The lowest BCUT2D eigenvalue weighted by Gasteiger charge is -2.67. The smallest absolute Gasteiger partial charge is 0.410 e. The maximum absolute atomic E-state index is 15.8. The number of carbonyl (C=O) groups excluding carboxylic acids is 6. The number of esters is 3. The van der Waals surface area contributed by atoms with Crippen molar-refractivity contribution in [2.45, 2.75) is 141 Å². The number of hydrogen-bond acceptors (Lipinski definition) is 16. The summed E-state index contributed by atoms with van der Waals surface area (Å²) in [5.74, 6) is -5.32. The predicted molar refractivity (Wildman–Crippen MR) is 222 cm³/mol. The van der Waals surface area contributed by atoms with Crippen molar-refractivity contribution in [3.63, 3.8) is 0 Å². The molecule has 1 aromatic carbocycles. The van der Waals surface area contributed by atoms with Gasteiger partial charge < -0.3 is 58.9 Å². The van der Waals surface area contributed by atoms with E-state index in [1.54, 1.807) is 66.7 Å². The van der Waals surface area contributed by atoms with E-state index in [4.69, 9.17) is 28.4 Å². The monoisotopic (exact) mass is 885 g/mol. The Morgan fingerprint density at radius 2 is 1.63 bits per heavy atom. The second-order valence-electron chi connectivity index (χ2n) is 19.4. The van der Waals surface area contributed by atoms with Gasteiger partial charge in [0.05, 0.1) is 35.6 Å². The highest BCUT2D eigenvalue weighted by atomic mass is 16.6. The molecule has 2 saturated heterocycles. The Morgan fingerprint density at radius 3 is 2.19 bits per heavy atom. The van der Waals surface area contributed by atoms with Crippen molar-refractivity contribution >= 4 is 35.9 Å². The first-order valence-electron chi connectivity index (χ1n) is 21.6. The number of Topliss-reactive ketones (excluding diaryl/α,β-unsaturated/α-hetero) is 1. The van der Waals surface area contributed by atoms with Crippen LogP contribution in [0.15, 0.2) is 41.5 Å². The first-order chi connectivity index (χ1) is 29.3. The maximum Gasteiger partial charge on any atom is 0.410 e. The van der Waals surface area contributed by atoms with E-state index in [0.29, 0.717) is 13.1 Å². The number of ketones is 1. The zero-order chi connectivity index (χ0) is 46.6. The molecule has 6 rings (SSSR count). The number of hydrogen-bond donors (Lipinski definition) is 4. The zero-order valence-electron chi connectivity index (χ0n) is 37.8. The quantitative estimate of drug-likeness (QED) is 0.159. The number of nitrogens with one attached hydrogen (secondary N) is 1. The van der Waals surface area contributed by atoms with Crippen LogP contribution in [0.3, 0.4) is 0 Å². The van der Waals surface area contributed by atoms with Crippen molar-refractivity contribution in [1.82, 2.24) is 15.1 Å². The summed E-state index contributed by atoms with van der Waals surface area (Å²) in [6, 6.07) is 6.69. The number of aliphatic hydroxyl groups is 3. The number of ether oxygens (including phenoxy) is 6. The molecule has 348 valence electrons. The molecule has 2 unspecified atom stereocenters. The van der Waals surface area contributed by atoms with Gasteiger partial charge in [-0.25, -0.2) is 19.2 Å². The molecule has 0 radical (unpaired) electrons. The maximum atomic E-state index is 15.8. The number of fused-ring (bicyclic) bond motifs is 5. The van der Waals surface area contributed by atoms with Gasteiger partial charge in [0.25, 0.3) is 0 Å². The van der Waals surface area contributed by atoms with Crippen LogP contribution in [0.5, 0.6) is 0 Å². The lowest BCUT2D eigenvalue weighted by Crippen LogP contribution is -2.82. The highest BCUT2D eigenvalue weighted by Crippen LogP contribution is 2.64. The summed E-state index contributed by atoms with van der Waals surface area (Å²) in [6.07, 6.45) is -12.1. The Bertz CT molecular complexity index is 1990. The van der Waals surface area contributed by atoms with E-state index in [9.17, 15) is 39.3 Å². The Balaban J connectivity index is 1.55. The topological polar surface area (TPSA) is 237 Å². The fourth-order valence-electron chi connectivity index (χ4n) is 10.3. The van der Waals surface area contributed by atoms with Crippen LogP contribution in [0.2, 0.25) is 0 Å². The molecular formula is C45H63N3O15. The molecule has 1 aromatic rings. The first-order valence-corrected chi connectivity index (χ1v) is 21.6. The van der Waals surface area contributed by atoms with Gasteiger partial charge in [-0.3, -0.25) is 9.59 Å². The van der Waals surface area contributed by atoms with Crippen molar-refractivity contribution in [2.75, 3.05) is 39.8 Å². The number of rotatable bonds is 9. The number of alkyl carbamates (subject to hydrolysis) is 1. The van der Waals surface area contributed by atoms with Crippen LogP contribution in [-0.4, -0.2) is 160 Å². The fraction of sp³-hybridized carbons (Fsp3) is 0.689. The Labute approximate surface area is 367 Å². The third-order valence-corrected chi connectivity index (χ3v) is 13.9. The summed E-state index contributed by atoms with van der Waals surface area (Å²) in [7, 11) is 1.90. The SMILES string of the molecule is CC[C@@H](NC(=O)OC(C)(C)C)[C@@H](O)C(=O)O[C@H]1C[C@@]2(O)C(OC(=O)c3ccccc3)C3[C@](C)(C(=O)[C@H](OC(=O)N4CCN(C)CC4)C(=C1C)C2(C)C)[C@@H](O)C[C@H]1OC[C@@]31OC(C)=O. The van der Waals surface area contributed by atoms with Crippen LogP contribution < -0.4 is 5.32 Å². The third kappa shape index (κ3) is 8.56. The average Bonchev–Trinajstić information content (AvgIpc) is 3.20. The number of piperazine rings is 1. The minimum absolute atomic E-state index is 0.0103. The van der Waals surface area contributed by atoms with Crippen LogP contribution in [0.4, 0.5) is 9.59 Å². The van der Waals surface area contributed by atoms with Gasteiger partial charge in [0, 0.05) is 51.4 Å². The molecular weight excluding hydrogens is 823 g/mol. The molecule has 4 fully saturated rings. The summed E-state index contributed by atoms with van der Waals surface area (Å²) in [5.41, 5.74) is -8.54. The van der Waals surface area contributed by atoms with Gasteiger partial charge in [0.15, 0.2) is 23.6 Å². The van der Waals surface area contributed by atoms with E-state index in [-0.39, 0.29) is 49.2 Å². The molecule has 2 bridgehead atoms. The zero-order valence-corrected chi connectivity index (χ0v) is 37.8. The molecule has 2 heterocycles. The van der Waals surface area contributed by atoms with E-state index >= 15 is 4.79 Å². The van der Waals surface area contributed by atoms with Gasteiger partial charge in [-0.1, -0.05) is 39.0 Å². The van der Waals surface area contributed by atoms with E-state index in [1.165, 1.54) is 24.0 Å². The molecule has 2 amide bonds.